The zero-order valence-corrected chi connectivity index (χ0v) is 17.5. The second-order valence-electron chi connectivity index (χ2n) is 7.79. The monoisotopic (exact) mass is 367 g/mol. The van der Waals surface area contributed by atoms with Crippen LogP contribution in [0.25, 0.3) is 0 Å². The third kappa shape index (κ3) is 4.42. The lowest BCUT2D eigenvalue weighted by Gasteiger charge is -2.44. The van der Waals surface area contributed by atoms with Crippen molar-refractivity contribution in [2.75, 3.05) is 40.3 Å². The van der Waals surface area contributed by atoms with Crippen molar-refractivity contribution < 1.29 is 8.42 Å². The maximum Gasteiger partial charge on any atom is 0.243 e. The van der Waals surface area contributed by atoms with Gasteiger partial charge in [0.05, 0.1) is 4.90 Å². The zero-order chi connectivity index (χ0) is 18.9. The minimum Gasteiger partial charge on any atom is -0.308 e. The van der Waals surface area contributed by atoms with Gasteiger partial charge in [0.15, 0.2) is 0 Å². The second kappa shape index (κ2) is 7.74. The first kappa shape index (κ1) is 20.4. The lowest BCUT2D eigenvalue weighted by atomic mass is 10.1. The van der Waals surface area contributed by atoms with Crippen LogP contribution in [-0.2, 0) is 10.0 Å². The molecule has 0 amide bonds. The molecule has 1 saturated heterocycles. The first-order valence-corrected chi connectivity index (χ1v) is 10.5. The minimum atomic E-state index is -3.46. The summed E-state index contributed by atoms with van der Waals surface area (Å²) in [5.74, 6) is 0. The summed E-state index contributed by atoms with van der Waals surface area (Å²) in [5.41, 5.74) is 2.78. The maximum absolute atomic E-state index is 13.3. The number of piperazine rings is 1. The Morgan fingerprint density at radius 2 is 1.52 bits per heavy atom. The molecule has 0 spiro atoms. The van der Waals surface area contributed by atoms with Gasteiger partial charge in [-0.05, 0) is 59.8 Å². The lowest BCUT2D eigenvalue weighted by molar-refractivity contribution is 0.0708. The first-order chi connectivity index (χ1) is 11.5. The van der Waals surface area contributed by atoms with Crippen LogP contribution in [0.1, 0.15) is 30.5 Å². The molecule has 0 aromatic heterocycles. The normalized spacial score (nSPS) is 23.4. The molecule has 1 aliphatic rings. The molecule has 1 aromatic carbocycles. The van der Waals surface area contributed by atoms with Gasteiger partial charge in [-0.3, -0.25) is 4.90 Å². The van der Waals surface area contributed by atoms with E-state index < -0.39 is 10.0 Å². The Morgan fingerprint density at radius 3 is 1.96 bits per heavy atom. The van der Waals surface area contributed by atoms with Crippen molar-refractivity contribution in [3.05, 3.63) is 28.8 Å². The summed E-state index contributed by atoms with van der Waals surface area (Å²) >= 11 is 0. The van der Waals surface area contributed by atoms with Gasteiger partial charge < -0.3 is 4.90 Å². The fourth-order valence-corrected chi connectivity index (χ4v) is 5.98. The van der Waals surface area contributed by atoms with Crippen LogP contribution in [0.15, 0.2) is 17.0 Å². The van der Waals surface area contributed by atoms with Crippen molar-refractivity contribution in [3.8, 4) is 0 Å². The van der Waals surface area contributed by atoms with Gasteiger partial charge in [0.1, 0.15) is 0 Å². The van der Waals surface area contributed by atoms with E-state index in [1.165, 1.54) is 0 Å². The smallest absolute Gasteiger partial charge is 0.243 e. The van der Waals surface area contributed by atoms with Crippen molar-refractivity contribution in [3.63, 3.8) is 0 Å². The van der Waals surface area contributed by atoms with Crippen molar-refractivity contribution in [2.24, 2.45) is 0 Å². The van der Waals surface area contributed by atoms with E-state index in [-0.39, 0.29) is 12.1 Å². The van der Waals surface area contributed by atoms with Crippen LogP contribution in [0.3, 0.4) is 0 Å². The van der Waals surface area contributed by atoms with Crippen molar-refractivity contribution in [1.82, 2.24) is 14.1 Å². The Balaban J connectivity index is 2.25. The molecule has 1 heterocycles. The largest absolute Gasteiger partial charge is 0.308 e. The number of aryl methyl sites for hydroxylation is 3. The predicted octanol–water partition coefficient (Wildman–Crippen LogP) is 2.26. The van der Waals surface area contributed by atoms with Crippen LogP contribution in [0.5, 0.6) is 0 Å². The zero-order valence-electron chi connectivity index (χ0n) is 16.7. The summed E-state index contributed by atoms with van der Waals surface area (Å²) < 4.78 is 28.3. The molecule has 6 heteroatoms. The van der Waals surface area contributed by atoms with Gasteiger partial charge in [0, 0.05) is 38.3 Å². The van der Waals surface area contributed by atoms with E-state index in [0.29, 0.717) is 18.0 Å². The molecular formula is C19H33N3O2S. The SMILES string of the molecule is Cc1cc(C)c(S(=O)(=O)N2CC(C)N(CCN(C)C)C(C)C2)c(C)c1. The number of benzene rings is 1. The number of likely N-dealkylation sites (N-methyl/N-ethyl adjacent to an activating group) is 1. The molecule has 1 fully saturated rings. The molecule has 25 heavy (non-hydrogen) atoms. The van der Waals surface area contributed by atoms with Crippen LogP contribution in [0.4, 0.5) is 0 Å². The first-order valence-electron chi connectivity index (χ1n) is 9.02. The van der Waals surface area contributed by atoms with Gasteiger partial charge in [-0.2, -0.15) is 4.31 Å². The summed E-state index contributed by atoms with van der Waals surface area (Å²) in [4.78, 5) is 5.07. The number of rotatable bonds is 5. The molecule has 142 valence electrons. The van der Waals surface area contributed by atoms with E-state index in [9.17, 15) is 8.42 Å². The third-order valence-electron chi connectivity index (χ3n) is 5.08. The molecule has 2 atom stereocenters. The quantitative estimate of drug-likeness (QED) is 0.801. The number of hydrogen-bond acceptors (Lipinski definition) is 4. The van der Waals surface area contributed by atoms with E-state index in [2.05, 4.69) is 37.7 Å². The molecule has 2 unspecified atom stereocenters. The lowest BCUT2D eigenvalue weighted by Crippen LogP contribution is -2.58. The average molecular weight is 368 g/mol. The Hall–Kier alpha value is -0.950. The Labute approximate surface area is 153 Å². The van der Waals surface area contributed by atoms with Crippen molar-refractivity contribution in [1.29, 1.82) is 0 Å². The molecule has 5 nitrogen and oxygen atoms in total. The summed E-state index contributed by atoms with van der Waals surface area (Å²) in [6, 6.07) is 4.34. The molecule has 0 N–H and O–H groups in total. The van der Waals surface area contributed by atoms with Crippen LogP contribution < -0.4 is 0 Å². The summed E-state index contributed by atoms with van der Waals surface area (Å²) in [5, 5.41) is 0. The van der Waals surface area contributed by atoms with Gasteiger partial charge in [0.2, 0.25) is 10.0 Å². The predicted molar refractivity (Wildman–Crippen MR) is 104 cm³/mol. The van der Waals surface area contributed by atoms with E-state index >= 15 is 0 Å². The van der Waals surface area contributed by atoms with E-state index in [1.54, 1.807) is 4.31 Å². The topological polar surface area (TPSA) is 43.9 Å². The second-order valence-corrected chi connectivity index (χ2v) is 9.66. The molecule has 0 bridgehead atoms. The molecule has 1 aromatic rings. The van der Waals surface area contributed by atoms with Gasteiger partial charge in [-0.1, -0.05) is 17.7 Å². The fraction of sp³-hybridized carbons (Fsp3) is 0.684. The molecule has 0 aliphatic carbocycles. The Morgan fingerprint density at radius 1 is 1.04 bits per heavy atom. The van der Waals surface area contributed by atoms with E-state index in [1.807, 2.05) is 32.9 Å². The minimum absolute atomic E-state index is 0.213. The van der Waals surface area contributed by atoms with E-state index in [4.69, 9.17) is 0 Å². The number of hydrogen-bond donors (Lipinski definition) is 0. The average Bonchev–Trinajstić information content (AvgIpc) is 2.44. The highest BCUT2D eigenvalue weighted by Gasteiger charge is 2.37. The summed E-state index contributed by atoms with van der Waals surface area (Å²) in [6.45, 7) is 13.1. The number of sulfonamides is 1. The van der Waals surface area contributed by atoms with Gasteiger partial charge in [0.25, 0.3) is 0 Å². The van der Waals surface area contributed by atoms with Crippen molar-refractivity contribution in [2.45, 2.75) is 51.6 Å². The molecule has 0 radical (unpaired) electrons. The molecule has 2 rings (SSSR count). The Kier molecular flexibility index (Phi) is 6.30. The van der Waals surface area contributed by atoms with Gasteiger partial charge in [-0.25, -0.2) is 8.42 Å². The van der Waals surface area contributed by atoms with Crippen molar-refractivity contribution >= 4 is 10.0 Å². The summed E-state index contributed by atoms with van der Waals surface area (Å²) in [7, 11) is 0.672. The highest BCUT2D eigenvalue weighted by Crippen LogP contribution is 2.28. The maximum atomic E-state index is 13.3. The summed E-state index contributed by atoms with van der Waals surface area (Å²) in [6.07, 6.45) is 0. The highest BCUT2D eigenvalue weighted by molar-refractivity contribution is 7.89. The van der Waals surface area contributed by atoms with Crippen LogP contribution >= 0.6 is 0 Å². The standard InChI is InChI=1S/C19H33N3O2S/c1-14-10-15(2)19(16(3)11-14)25(23,24)21-12-17(4)22(18(5)13-21)9-8-20(6)7/h10-11,17-18H,8-9,12-13H2,1-7H3. The van der Waals surface area contributed by atoms with Gasteiger partial charge >= 0.3 is 0 Å². The van der Waals surface area contributed by atoms with Gasteiger partial charge in [-0.15, -0.1) is 0 Å². The van der Waals surface area contributed by atoms with Crippen LogP contribution in [0, 0.1) is 20.8 Å². The highest BCUT2D eigenvalue weighted by atomic mass is 32.2. The van der Waals surface area contributed by atoms with E-state index in [0.717, 1.165) is 29.8 Å². The van der Waals surface area contributed by atoms with Crippen LogP contribution in [-0.4, -0.2) is 74.9 Å². The molecule has 1 aliphatic heterocycles. The molecular weight excluding hydrogens is 334 g/mol. The third-order valence-corrected chi connectivity index (χ3v) is 7.21. The number of nitrogens with zero attached hydrogens (tertiary/aromatic N) is 3. The van der Waals surface area contributed by atoms with Crippen LogP contribution in [0.2, 0.25) is 0 Å². The molecule has 0 saturated carbocycles. The Bertz CT molecular complexity index is 680. The fourth-order valence-electron chi connectivity index (χ4n) is 3.96.